The molecule has 1 aromatic carbocycles. The van der Waals surface area contributed by atoms with Crippen LogP contribution in [0.3, 0.4) is 0 Å². The van der Waals surface area contributed by atoms with Gasteiger partial charge in [-0.2, -0.15) is 0 Å². The number of benzene rings is 1. The average molecular weight is 239 g/mol. The highest BCUT2D eigenvalue weighted by Crippen LogP contribution is 2.27. The molecule has 0 radical (unpaired) electrons. The normalized spacial score (nSPS) is 10.3. The predicted octanol–water partition coefficient (Wildman–Crippen LogP) is 3.53. The van der Waals surface area contributed by atoms with Gasteiger partial charge in [-0.1, -0.05) is 23.7 Å². The molecular weight excluding hydrogens is 228 g/mol. The Labute approximate surface area is 98.1 Å². The highest BCUT2D eigenvalue weighted by Gasteiger charge is 2.05. The van der Waals surface area contributed by atoms with Crippen molar-refractivity contribution in [3.05, 3.63) is 34.7 Å². The SMILES string of the molecule is CN(C)c1nc(-c2cccc(Cl)c2)cs1. The molecule has 4 heteroatoms. The van der Waals surface area contributed by atoms with Gasteiger partial charge >= 0.3 is 0 Å². The number of thiazole rings is 1. The molecule has 0 aliphatic carbocycles. The van der Waals surface area contributed by atoms with Gasteiger partial charge < -0.3 is 4.90 Å². The van der Waals surface area contributed by atoms with Gasteiger partial charge in [0.05, 0.1) is 5.69 Å². The Hall–Kier alpha value is -1.06. The molecule has 0 bridgehead atoms. The summed E-state index contributed by atoms with van der Waals surface area (Å²) in [6, 6.07) is 7.74. The van der Waals surface area contributed by atoms with E-state index in [4.69, 9.17) is 11.6 Å². The molecule has 0 fully saturated rings. The van der Waals surface area contributed by atoms with E-state index in [0.717, 1.165) is 21.4 Å². The zero-order valence-electron chi connectivity index (χ0n) is 8.57. The molecule has 0 aliphatic heterocycles. The fourth-order valence-corrected chi connectivity index (χ4v) is 2.21. The van der Waals surface area contributed by atoms with Crippen molar-refractivity contribution in [3.8, 4) is 11.3 Å². The maximum Gasteiger partial charge on any atom is 0.185 e. The third-order valence-electron chi connectivity index (χ3n) is 2.00. The fourth-order valence-electron chi connectivity index (χ4n) is 1.25. The van der Waals surface area contributed by atoms with E-state index < -0.39 is 0 Å². The quantitative estimate of drug-likeness (QED) is 0.796. The zero-order valence-corrected chi connectivity index (χ0v) is 10.1. The minimum Gasteiger partial charge on any atom is -0.354 e. The number of rotatable bonds is 2. The highest BCUT2D eigenvalue weighted by molar-refractivity contribution is 7.14. The summed E-state index contributed by atoms with van der Waals surface area (Å²) < 4.78 is 0. The Balaban J connectivity index is 2.37. The van der Waals surface area contributed by atoms with Gasteiger partial charge in [-0.25, -0.2) is 4.98 Å². The van der Waals surface area contributed by atoms with Gasteiger partial charge in [-0.05, 0) is 12.1 Å². The lowest BCUT2D eigenvalue weighted by molar-refractivity contribution is 1.11. The number of aromatic nitrogens is 1. The van der Waals surface area contributed by atoms with E-state index in [1.54, 1.807) is 11.3 Å². The first-order chi connectivity index (χ1) is 7.16. The van der Waals surface area contributed by atoms with E-state index >= 15 is 0 Å². The van der Waals surface area contributed by atoms with Gasteiger partial charge in [0.1, 0.15) is 0 Å². The van der Waals surface area contributed by atoms with Gasteiger partial charge in [0.2, 0.25) is 0 Å². The number of nitrogens with zero attached hydrogens (tertiary/aromatic N) is 2. The largest absolute Gasteiger partial charge is 0.354 e. The molecule has 0 aliphatic rings. The van der Waals surface area contributed by atoms with Crippen molar-refractivity contribution in [1.82, 2.24) is 4.98 Å². The molecule has 1 heterocycles. The lowest BCUT2D eigenvalue weighted by Gasteiger charge is -2.05. The zero-order chi connectivity index (χ0) is 10.8. The van der Waals surface area contributed by atoms with Crippen LogP contribution in [0.1, 0.15) is 0 Å². The topological polar surface area (TPSA) is 16.1 Å². The van der Waals surface area contributed by atoms with E-state index in [0.29, 0.717) is 0 Å². The summed E-state index contributed by atoms with van der Waals surface area (Å²) in [4.78, 5) is 6.51. The summed E-state index contributed by atoms with van der Waals surface area (Å²) in [5, 5.41) is 3.79. The second-order valence-corrected chi connectivity index (χ2v) is 4.69. The van der Waals surface area contributed by atoms with Crippen LogP contribution in [0.25, 0.3) is 11.3 Å². The van der Waals surface area contributed by atoms with Crippen LogP contribution in [-0.4, -0.2) is 19.1 Å². The summed E-state index contributed by atoms with van der Waals surface area (Å²) in [6.07, 6.45) is 0. The Morgan fingerprint density at radius 2 is 2.13 bits per heavy atom. The van der Waals surface area contributed by atoms with E-state index in [-0.39, 0.29) is 0 Å². The minimum absolute atomic E-state index is 0.743. The van der Waals surface area contributed by atoms with Crippen LogP contribution in [0.15, 0.2) is 29.6 Å². The van der Waals surface area contributed by atoms with E-state index in [1.165, 1.54) is 0 Å². The number of hydrogen-bond donors (Lipinski definition) is 0. The van der Waals surface area contributed by atoms with Crippen LogP contribution in [0.5, 0.6) is 0 Å². The van der Waals surface area contributed by atoms with Gasteiger partial charge in [-0.15, -0.1) is 11.3 Å². The Morgan fingerprint density at radius 1 is 1.33 bits per heavy atom. The van der Waals surface area contributed by atoms with Gasteiger partial charge in [0.25, 0.3) is 0 Å². The van der Waals surface area contributed by atoms with Crippen molar-refractivity contribution < 1.29 is 0 Å². The maximum atomic E-state index is 5.93. The lowest BCUT2D eigenvalue weighted by Crippen LogP contribution is -2.07. The number of halogens is 1. The summed E-state index contributed by atoms with van der Waals surface area (Å²) in [6.45, 7) is 0. The van der Waals surface area contributed by atoms with Crippen LogP contribution in [0, 0.1) is 0 Å². The molecule has 2 rings (SSSR count). The van der Waals surface area contributed by atoms with Crippen LogP contribution in [-0.2, 0) is 0 Å². The molecule has 78 valence electrons. The molecule has 0 saturated heterocycles. The fraction of sp³-hybridized carbons (Fsp3) is 0.182. The predicted molar refractivity (Wildman–Crippen MR) is 66.9 cm³/mol. The molecule has 2 aromatic rings. The first-order valence-corrected chi connectivity index (χ1v) is 5.81. The Kier molecular flexibility index (Phi) is 2.93. The van der Waals surface area contributed by atoms with Crippen molar-refractivity contribution in [3.63, 3.8) is 0 Å². The van der Waals surface area contributed by atoms with Crippen LogP contribution in [0.4, 0.5) is 5.13 Å². The first kappa shape index (κ1) is 10.5. The lowest BCUT2D eigenvalue weighted by atomic mass is 10.2. The molecule has 0 atom stereocenters. The van der Waals surface area contributed by atoms with Crippen molar-refractivity contribution in [2.24, 2.45) is 0 Å². The van der Waals surface area contributed by atoms with Gasteiger partial charge in [0, 0.05) is 30.1 Å². The smallest absolute Gasteiger partial charge is 0.185 e. The van der Waals surface area contributed by atoms with Crippen LogP contribution in [0.2, 0.25) is 5.02 Å². The molecule has 0 saturated carbocycles. The van der Waals surface area contributed by atoms with Crippen molar-refractivity contribution in [2.45, 2.75) is 0 Å². The van der Waals surface area contributed by atoms with E-state index in [1.807, 2.05) is 48.6 Å². The third-order valence-corrected chi connectivity index (χ3v) is 3.24. The molecule has 0 spiro atoms. The number of hydrogen-bond acceptors (Lipinski definition) is 3. The van der Waals surface area contributed by atoms with Crippen molar-refractivity contribution in [2.75, 3.05) is 19.0 Å². The van der Waals surface area contributed by atoms with Crippen molar-refractivity contribution in [1.29, 1.82) is 0 Å². The summed E-state index contributed by atoms with van der Waals surface area (Å²) >= 11 is 7.56. The molecular formula is C11H11ClN2S. The second-order valence-electron chi connectivity index (χ2n) is 3.42. The van der Waals surface area contributed by atoms with Crippen LogP contribution < -0.4 is 4.90 Å². The van der Waals surface area contributed by atoms with Crippen LogP contribution >= 0.6 is 22.9 Å². The molecule has 0 unspecified atom stereocenters. The number of anilines is 1. The summed E-state index contributed by atoms with van der Waals surface area (Å²) in [5.74, 6) is 0. The Morgan fingerprint density at radius 3 is 2.73 bits per heavy atom. The van der Waals surface area contributed by atoms with Crippen molar-refractivity contribution >= 4 is 28.1 Å². The highest BCUT2D eigenvalue weighted by atomic mass is 35.5. The first-order valence-electron chi connectivity index (χ1n) is 4.55. The van der Waals surface area contributed by atoms with Gasteiger partial charge in [0.15, 0.2) is 5.13 Å². The molecule has 2 nitrogen and oxygen atoms in total. The Bertz CT molecular complexity index is 465. The van der Waals surface area contributed by atoms with Gasteiger partial charge in [-0.3, -0.25) is 0 Å². The molecule has 0 amide bonds. The molecule has 0 N–H and O–H groups in total. The standard InChI is InChI=1S/C11H11ClN2S/c1-14(2)11-13-10(7-15-11)8-4-3-5-9(12)6-8/h3-7H,1-2H3. The second kappa shape index (κ2) is 4.21. The minimum atomic E-state index is 0.743. The summed E-state index contributed by atoms with van der Waals surface area (Å²) in [5.41, 5.74) is 2.04. The molecule has 1 aromatic heterocycles. The third kappa shape index (κ3) is 2.30. The molecule has 15 heavy (non-hydrogen) atoms. The van der Waals surface area contributed by atoms with E-state index in [9.17, 15) is 0 Å². The van der Waals surface area contributed by atoms with E-state index in [2.05, 4.69) is 4.98 Å². The average Bonchev–Trinajstić information content (AvgIpc) is 2.66. The maximum absolute atomic E-state index is 5.93. The summed E-state index contributed by atoms with van der Waals surface area (Å²) in [7, 11) is 3.97. The monoisotopic (exact) mass is 238 g/mol.